The standard InChI is InChI=1S/C22H21NO5S/c1-15(24)16-4-8-19(9-5-16)27-13-18(25)14-28-20-10-6-17(7-11-20)23-22(26)21-3-2-12-29-21/h2-12,18,25H,13-14H2,1H3,(H,23,26). The molecule has 0 spiro atoms. The molecule has 29 heavy (non-hydrogen) atoms. The summed E-state index contributed by atoms with van der Waals surface area (Å²) in [6.45, 7) is 1.63. The van der Waals surface area contributed by atoms with Gasteiger partial charge < -0.3 is 19.9 Å². The molecule has 3 aromatic rings. The minimum absolute atomic E-state index is 0.0120. The van der Waals surface area contributed by atoms with Crippen molar-refractivity contribution < 1.29 is 24.2 Å². The summed E-state index contributed by atoms with van der Waals surface area (Å²) in [6.07, 6.45) is -0.819. The van der Waals surface area contributed by atoms with Crippen LogP contribution in [0.25, 0.3) is 0 Å². The number of aliphatic hydroxyl groups is 1. The van der Waals surface area contributed by atoms with E-state index in [-0.39, 0.29) is 24.9 Å². The molecule has 0 aliphatic carbocycles. The first-order valence-corrected chi connectivity index (χ1v) is 9.89. The highest BCUT2D eigenvalue weighted by Gasteiger charge is 2.09. The number of thiophene rings is 1. The zero-order valence-corrected chi connectivity index (χ0v) is 16.6. The molecule has 1 amide bonds. The highest BCUT2D eigenvalue weighted by Crippen LogP contribution is 2.18. The predicted molar refractivity (Wildman–Crippen MR) is 112 cm³/mol. The summed E-state index contributed by atoms with van der Waals surface area (Å²) in [4.78, 5) is 23.9. The van der Waals surface area contributed by atoms with Gasteiger partial charge in [-0.2, -0.15) is 0 Å². The Morgan fingerprint density at radius 1 is 0.966 bits per heavy atom. The molecule has 0 fully saturated rings. The molecule has 6 nitrogen and oxygen atoms in total. The van der Waals surface area contributed by atoms with E-state index in [1.807, 2.05) is 11.4 Å². The van der Waals surface area contributed by atoms with Gasteiger partial charge >= 0.3 is 0 Å². The Kier molecular flexibility index (Phi) is 6.99. The third-order valence-corrected chi connectivity index (χ3v) is 4.87. The third kappa shape index (κ3) is 6.17. The summed E-state index contributed by atoms with van der Waals surface area (Å²) in [5.41, 5.74) is 1.27. The lowest BCUT2D eigenvalue weighted by atomic mass is 10.1. The van der Waals surface area contributed by atoms with E-state index < -0.39 is 6.10 Å². The van der Waals surface area contributed by atoms with Gasteiger partial charge in [-0.15, -0.1) is 11.3 Å². The monoisotopic (exact) mass is 411 g/mol. The number of Topliss-reactive ketones (excluding diaryl/α,β-unsaturated/α-hetero) is 1. The van der Waals surface area contributed by atoms with Crippen molar-refractivity contribution in [2.45, 2.75) is 13.0 Å². The highest BCUT2D eigenvalue weighted by molar-refractivity contribution is 7.12. The number of carbonyl (C=O) groups is 2. The predicted octanol–water partition coefficient (Wildman–Crippen LogP) is 4.02. The number of benzene rings is 2. The number of amides is 1. The van der Waals surface area contributed by atoms with Gasteiger partial charge in [-0.25, -0.2) is 0 Å². The van der Waals surface area contributed by atoms with Crippen molar-refractivity contribution in [3.05, 3.63) is 76.5 Å². The normalized spacial score (nSPS) is 11.5. The maximum absolute atomic E-state index is 12.0. The molecule has 0 aliphatic heterocycles. The first kappa shape index (κ1) is 20.6. The number of nitrogens with one attached hydrogen (secondary N) is 1. The number of anilines is 1. The maximum atomic E-state index is 12.0. The van der Waals surface area contributed by atoms with Crippen LogP contribution >= 0.6 is 11.3 Å². The molecule has 0 radical (unpaired) electrons. The minimum atomic E-state index is -0.819. The summed E-state index contributed by atoms with van der Waals surface area (Å²) in [7, 11) is 0. The summed E-state index contributed by atoms with van der Waals surface area (Å²) in [6, 6.07) is 17.2. The second kappa shape index (κ2) is 9.86. The largest absolute Gasteiger partial charge is 0.491 e. The van der Waals surface area contributed by atoms with Crippen LogP contribution in [-0.4, -0.2) is 36.1 Å². The van der Waals surface area contributed by atoms with Crippen LogP contribution in [0, 0.1) is 0 Å². The molecule has 7 heteroatoms. The number of ether oxygens (including phenoxy) is 2. The van der Waals surface area contributed by atoms with Crippen molar-refractivity contribution in [3.63, 3.8) is 0 Å². The Balaban J connectivity index is 1.42. The quantitative estimate of drug-likeness (QED) is 0.520. The Morgan fingerprint density at radius 2 is 1.55 bits per heavy atom. The van der Waals surface area contributed by atoms with Gasteiger partial charge in [0.1, 0.15) is 30.8 Å². The van der Waals surface area contributed by atoms with Crippen molar-refractivity contribution >= 4 is 28.7 Å². The molecular formula is C22H21NO5S. The molecule has 0 saturated heterocycles. The van der Waals surface area contributed by atoms with Crippen molar-refractivity contribution in [2.24, 2.45) is 0 Å². The van der Waals surface area contributed by atoms with Crippen LogP contribution in [0.2, 0.25) is 0 Å². The molecule has 1 heterocycles. The zero-order chi connectivity index (χ0) is 20.6. The van der Waals surface area contributed by atoms with E-state index in [4.69, 9.17) is 9.47 Å². The number of rotatable bonds is 9. The van der Waals surface area contributed by atoms with E-state index in [1.165, 1.54) is 18.3 Å². The van der Waals surface area contributed by atoms with Crippen LogP contribution < -0.4 is 14.8 Å². The van der Waals surface area contributed by atoms with Crippen molar-refractivity contribution in [2.75, 3.05) is 18.5 Å². The average Bonchev–Trinajstić information content (AvgIpc) is 3.27. The van der Waals surface area contributed by atoms with E-state index in [1.54, 1.807) is 54.6 Å². The Bertz CT molecular complexity index is 936. The van der Waals surface area contributed by atoms with E-state index in [0.29, 0.717) is 27.6 Å². The molecule has 0 saturated carbocycles. The summed E-state index contributed by atoms with van der Waals surface area (Å²) < 4.78 is 11.1. The Morgan fingerprint density at radius 3 is 2.07 bits per heavy atom. The number of ketones is 1. The minimum Gasteiger partial charge on any atom is -0.491 e. The molecule has 3 rings (SSSR count). The molecule has 1 unspecified atom stereocenters. The van der Waals surface area contributed by atoms with E-state index >= 15 is 0 Å². The van der Waals surface area contributed by atoms with Crippen LogP contribution in [0.3, 0.4) is 0 Å². The van der Waals surface area contributed by atoms with Gasteiger partial charge in [0.25, 0.3) is 5.91 Å². The Hall–Kier alpha value is -3.16. The summed E-state index contributed by atoms with van der Waals surface area (Å²) >= 11 is 1.38. The number of hydrogen-bond donors (Lipinski definition) is 2. The number of carbonyl (C=O) groups excluding carboxylic acids is 2. The van der Waals surface area contributed by atoms with Gasteiger partial charge in [-0.3, -0.25) is 9.59 Å². The summed E-state index contributed by atoms with van der Waals surface area (Å²) in [5.74, 6) is 0.975. The topological polar surface area (TPSA) is 84.9 Å². The fourth-order valence-electron chi connectivity index (χ4n) is 2.45. The lowest BCUT2D eigenvalue weighted by Crippen LogP contribution is -2.25. The van der Waals surface area contributed by atoms with Crippen molar-refractivity contribution in [1.82, 2.24) is 0 Å². The Labute approximate surface area is 172 Å². The molecule has 2 aromatic carbocycles. The van der Waals surface area contributed by atoms with Crippen molar-refractivity contribution in [3.8, 4) is 11.5 Å². The highest BCUT2D eigenvalue weighted by atomic mass is 32.1. The van der Waals surface area contributed by atoms with Crippen LogP contribution in [-0.2, 0) is 0 Å². The fourth-order valence-corrected chi connectivity index (χ4v) is 3.07. The second-order valence-corrected chi connectivity index (χ2v) is 7.26. The first-order chi connectivity index (χ1) is 14.0. The van der Waals surface area contributed by atoms with E-state index in [9.17, 15) is 14.7 Å². The SMILES string of the molecule is CC(=O)c1ccc(OCC(O)COc2ccc(NC(=O)c3cccs3)cc2)cc1. The van der Waals surface area contributed by atoms with Gasteiger partial charge in [0, 0.05) is 11.3 Å². The molecule has 1 atom stereocenters. The van der Waals surface area contributed by atoms with Crippen LogP contribution in [0.15, 0.2) is 66.0 Å². The second-order valence-electron chi connectivity index (χ2n) is 6.31. The average molecular weight is 411 g/mol. The maximum Gasteiger partial charge on any atom is 0.265 e. The molecule has 1 aromatic heterocycles. The molecule has 0 bridgehead atoms. The third-order valence-electron chi connectivity index (χ3n) is 4.00. The summed E-state index contributed by atoms with van der Waals surface area (Å²) in [5, 5.41) is 14.7. The number of aliphatic hydroxyl groups excluding tert-OH is 1. The zero-order valence-electron chi connectivity index (χ0n) is 15.8. The van der Waals surface area contributed by atoms with Gasteiger partial charge in [0.15, 0.2) is 5.78 Å². The first-order valence-electron chi connectivity index (χ1n) is 9.01. The van der Waals surface area contributed by atoms with E-state index in [2.05, 4.69) is 5.32 Å². The lowest BCUT2D eigenvalue weighted by Gasteiger charge is -2.14. The molecule has 0 aliphatic rings. The molecular weight excluding hydrogens is 390 g/mol. The van der Waals surface area contributed by atoms with E-state index in [0.717, 1.165) is 0 Å². The molecule has 150 valence electrons. The van der Waals surface area contributed by atoms with Gasteiger partial charge in [0.05, 0.1) is 4.88 Å². The fraction of sp³-hybridized carbons (Fsp3) is 0.182. The van der Waals surface area contributed by atoms with Crippen molar-refractivity contribution in [1.29, 1.82) is 0 Å². The van der Waals surface area contributed by atoms with Crippen LogP contribution in [0.1, 0.15) is 27.0 Å². The number of hydrogen-bond acceptors (Lipinski definition) is 6. The lowest BCUT2D eigenvalue weighted by molar-refractivity contribution is 0.0626. The van der Waals surface area contributed by atoms with Crippen LogP contribution in [0.4, 0.5) is 5.69 Å². The smallest absolute Gasteiger partial charge is 0.265 e. The van der Waals surface area contributed by atoms with Crippen LogP contribution in [0.5, 0.6) is 11.5 Å². The molecule has 2 N–H and O–H groups in total. The van der Waals surface area contributed by atoms with Gasteiger partial charge in [0.2, 0.25) is 0 Å². The van der Waals surface area contributed by atoms with Gasteiger partial charge in [-0.1, -0.05) is 6.07 Å². The van der Waals surface area contributed by atoms with Gasteiger partial charge in [-0.05, 0) is 66.9 Å².